The molecule has 0 unspecified atom stereocenters. The molecule has 0 saturated carbocycles. The molecule has 0 amide bonds. The summed E-state index contributed by atoms with van der Waals surface area (Å²) in [5, 5.41) is 0. The standard InChI is InChI=1S/C11H8F5NO/c12-10(13,14)11(15,16)18-9-5-3-8(4-6-9)2-1-7-17/h3-6H,7,17H2. The molecule has 7 heteroatoms. The van der Waals surface area contributed by atoms with Gasteiger partial charge in [-0.15, -0.1) is 0 Å². The maximum atomic E-state index is 12.5. The van der Waals surface area contributed by atoms with E-state index in [2.05, 4.69) is 16.6 Å². The summed E-state index contributed by atoms with van der Waals surface area (Å²) in [6, 6.07) is 4.45. The summed E-state index contributed by atoms with van der Waals surface area (Å²) in [5.74, 6) is 4.49. The molecule has 0 aromatic heterocycles. The molecule has 0 fully saturated rings. The van der Waals surface area contributed by atoms with Gasteiger partial charge in [0.2, 0.25) is 0 Å². The van der Waals surface area contributed by atoms with Crippen LogP contribution in [0.2, 0.25) is 0 Å². The second-order valence-corrected chi connectivity index (χ2v) is 3.15. The molecule has 1 aromatic carbocycles. The average molecular weight is 265 g/mol. The number of ether oxygens (including phenoxy) is 1. The van der Waals surface area contributed by atoms with Gasteiger partial charge in [-0.3, -0.25) is 0 Å². The Labute approximate surface area is 99.5 Å². The Hall–Kier alpha value is -1.81. The van der Waals surface area contributed by atoms with Crippen molar-refractivity contribution in [1.82, 2.24) is 0 Å². The van der Waals surface area contributed by atoms with E-state index in [4.69, 9.17) is 5.73 Å². The number of hydrogen-bond acceptors (Lipinski definition) is 2. The summed E-state index contributed by atoms with van der Waals surface area (Å²) < 4.78 is 64.2. The summed E-state index contributed by atoms with van der Waals surface area (Å²) in [5.41, 5.74) is 5.55. The van der Waals surface area contributed by atoms with E-state index in [9.17, 15) is 22.0 Å². The highest BCUT2D eigenvalue weighted by Gasteiger charge is 2.61. The molecule has 0 aliphatic rings. The molecule has 18 heavy (non-hydrogen) atoms. The maximum Gasteiger partial charge on any atom is 0.499 e. The molecule has 1 rings (SSSR count). The van der Waals surface area contributed by atoms with Gasteiger partial charge in [-0.25, -0.2) is 0 Å². The van der Waals surface area contributed by atoms with Gasteiger partial charge >= 0.3 is 12.3 Å². The summed E-state index contributed by atoms with van der Waals surface area (Å²) >= 11 is 0. The highest BCUT2D eigenvalue weighted by molar-refractivity contribution is 5.38. The summed E-state index contributed by atoms with van der Waals surface area (Å²) in [6.07, 6.45) is -11.0. The minimum absolute atomic E-state index is 0.115. The van der Waals surface area contributed by atoms with Crippen LogP contribution in [-0.2, 0) is 0 Å². The van der Waals surface area contributed by atoms with Crippen LogP contribution in [0.15, 0.2) is 24.3 Å². The van der Waals surface area contributed by atoms with Crippen molar-refractivity contribution in [1.29, 1.82) is 0 Å². The van der Waals surface area contributed by atoms with Crippen LogP contribution in [0.25, 0.3) is 0 Å². The third-order valence-corrected chi connectivity index (χ3v) is 1.77. The normalized spacial score (nSPS) is 11.7. The highest BCUT2D eigenvalue weighted by atomic mass is 19.4. The van der Waals surface area contributed by atoms with Gasteiger partial charge in [0.05, 0.1) is 6.54 Å². The van der Waals surface area contributed by atoms with E-state index in [1.807, 2.05) is 0 Å². The lowest BCUT2D eigenvalue weighted by atomic mass is 10.2. The molecule has 98 valence electrons. The number of hydrogen-bond donors (Lipinski definition) is 1. The van der Waals surface area contributed by atoms with Crippen molar-refractivity contribution in [2.75, 3.05) is 6.54 Å². The Balaban J connectivity index is 2.81. The van der Waals surface area contributed by atoms with Crippen molar-refractivity contribution >= 4 is 0 Å². The van der Waals surface area contributed by atoms with Crippen LogP contribution >= 0.6 is 0 Å². The first-order chi connectivity index (χ1) is 8.26. The highest BCUT2D eigenvalue weighted by Crippen LogP contribution is 2.37. The lowest BCUT2D eigenvalue weighted by Crippen LogP contribution is -2.41. The van der Waals surface area contributed by atoms with Crippen LogP contribution in [0, 0.1) is 11.8 Å². The molecular formula is C11H8F5NO. The van der Waals surface area contributed by atoms with Crippen LogP contribution < -0.4 is 10.5 Å². The van der Waals surface area contributed by atoms with Gasteiger partial charge in [-0.05, 0) is 24.3 Å². The molecule has 0 saturated heterocycles. The van der Waals surface area contributed by atoms with E-state index in [0.717, 1.165) is 12.1 Å². The molecule has 0 aliphatic heterocycles. The fourth-order valence-corrected chi connectivity index (χ4v) is 0.965. The Morgan fingerprint density at radius 1 is 1.06 bits per heavy atom. The number of halogens is 5. The smallest absolute Gasteiger partial charge is 0.426 e. The molecule has 0 atom stereocenters. The van der Waals surface area contributed by atoms with Crippen molar-refractivity contribution in [3.05, 3.63) is 29.8 Å². The van der Waals surface area contributed by atoms with Crippen molar-refractivity contribution in [2.24, 2.45) is 5.73 Å². The van der Waals surface area contributed by atoms with E-state index >= 15 is 0 Å². The topological polar surface area (TPSA) is 35.2 Å². The lowest BCUT2D eigenvalue weighted by Gasteiger charge is -2.20. The van der Waals surface area contributed by atoms with Crippen LogP contribution in [0.3, 0.4) is 0 Å². The van der Waals surface area contributed by atoms with E-state index in [1.54, 1.807) is 0 Å². The Bertz CT molecular complexity index is 455. The van der Waals surface area contributed by atoms with Crippen molar-refractivity contribution in [3.8, 4) is 17.6 Å². The van der Waals surface area contributed by atoms with E-state index in [-0.39, 0.29) is 6.54 Å². The Morgan fingerprint density at radius 2 is 1.61 bits per heavy atom. The predicted octanol–water partition coefficient (Wildman–Crippen LogP) is 2.53. The molecule has 0 radical (unpaired) electrons. The Kier molecular flexibility index (Phi) is 4.14. The third kappa shape index (κ3) is 3.60. The molecule has 0 bridgehead atoms. The zero-order chi connectivity index (χ0) is 13.8. The van der Waals surface area contributed by atoms with E-state index in [1.165, 1.54) is 12.1 Å². The van der Waals surface area contributed by atoms with Gasteiger partial charge in [-0.1, -0.05) is 11.8 Å². The lowest BCUT2D eigenvalue weighted by molar-refractivity contribution is -0.360. The minimum atomic E-state index is -5.76. The summed E-state index contributed by atoms with van der Waals surface area (Å²) in [4.78, 5) is 0. The van der Waals surface area contributed by atoms with Gasteiger partial charge < -0.3 is 10.5 Å². The predicted molar refractivity (Wildman–Crippen MR) is 54.0 cm³/mol. The maximum absolute atomic E-state index is 12.5. The number of rotatable bonds is 2. The zero-order valence-electron chi connectivity index (χ0n) is 8.89. The average Bonchev–Trinajstić information content (AvgIpc) is 2.26. The third-order valence-electron chi connectivity index (χ3n) is 1.77. The number of alkyl halides is 5. The van der Waals surface area contributed by atoms with Crippen LogP contribution in [0.4, 0.5) is 22.0 Å². The first-order valence-corrected chi connectivity index (χ1v) is 4.69. The van der Waals surface area contributed by atoms with Gasteiger partial charge in [0.25, 0.3) is 0 Å². The van der Waals surface area contributed by atoms with E-state index < -0.39 is 18.0 Å². The van der Waals surface area contributed by atoms with Crippen molar-refractivity contribution in [2.45, 2.75) is 12.3 Å². The fraction of sp³-hybridized carbons (Fsp3) is 0.273. The van der Waals surface area contributed by atoms with Crippen LogP contribution in [0.5, 0.6) is 5.75 Å². The quantitative estimate of drug-likeness (QED) is 0.658. The second-order valence-electron chi connectivity index (χ2n) is 3.15. The monoisotopic (exact) mass is 265 g/mol. The molecule has 2 nitrogen and oxygen atoms in total. The molecule has 0 heterocycles. The van der Waals surface area contributed by atoms with Crippen LogP contribution in [0.1, 0.15) is 5.56 Å². The molecule has 2 N–H and O–H groups in total. The molecule has 1 aromatic rings. The number of benzene rings is 1. The first-order valence-electron chi connectivity index (χ1n) is 4.69. The second kappa shape index (κ2) is 5.23. The van der Waals surface area contributed by atoms with Gasteiger partial charge in [-0.2, -0.15) is 22.0 Å². The zero-order valence-corrected chi connectivity index (χ0v) is 8.89. The van der Waals surface area contributed by atoms with Crippen LogP contribution in [-0.4, -0.2) is 18.8 Å². The summed E-state index contributed by atoms with van der Waals surface area (Å²) in [7, 11) is 0. The molecule has 0 aliphatic carbocycles. The van der Waals surface area contributed by atoms with Gasteiger partial charge in [0.1, 0.15) is 5.75 Å². The van der Waals surface area contributed by atoms with Crippen molar-refractivity contribution in [3.63, 3.8) is 0 Å². The molecular weight excluding hydrogens is 257 g/mol. The fourth-order valence-electron chi connectivity index (χ4n) is 0.965. The molecule has 0 spiro atoms. The SMILES string of the molecule is NCC#Cc1ccc(OC(F)(F)C(F)(F)F)cc1. The van der Waals surface area contributed by atoms with Gasteiger partial charge in [0.15, 0.2) is 0 Å². The van der Waals surface area contributed by atoms with Crippen molar-refractivity contribution < 1.29 is 26.7 Å². The minimum Gasteiger partial charge on any atom is -0.426 e. The number of nitrogens with two attached hydrogens (primary N) is 1. The van der Waals surface area contributed by atoms with Gasteiger partial charge in [0, 0.05) is 5.56 Å². The summed E-state index contributed by atoms with van der Waals surface area (Å²) in [6.45, 7) is 0.115. The first kappa shape index (κ1) is 14.3. The Morgan fingerprint density at radius 3 is 2.06 bits per heavy atom. The largest absolute Gasteiger partial charge is 0.499 e. The van der Waals surface area contributed by atoms with E-state index in [0.29, 0.717) is 5.56 Å².